The second-order valence-corrected chi connectivity index (χ2v) is 10.1. The van der Waals surface area contributed by atoms with Crippen LogP contribution >= 0.6 is 11.6 Å². The number of benzene rings is 2. The van der Waals surface area contributed by atoms with E-state index in [2.05, 4.69) is 14.7 Å². The van der Waals surface area contributed by atoms with Crippen molar-refractivity contribution in [1.29, 1.82) is 0 Å². The average molecular weight is 535 g/mol. The fourth-order valence-electron chi connectivity index (χ4n) is 3.28. The molecule has 188 valence electrons. The molecule has 14 heteroatoms. The minimum atomic E-state index is -4.70. The first kappa shape index (κ1) is 26.6. The summed E-state index contributed by atoms with van der Waals surface area (Å²) in [5.41, 5.74) is 3.05. The van der Waals surface area contributed by atoms with Crippen molar-refractivity contribution >= 4 is 27.5 Å². The number of nitrogens with two attached hydrogens (primary N) is 1. The van der Waals surface area contributed by atoms with Crippen LogP contribution in [0.5, 0.6) is 0 Å². The lowest BCUT2D eigenvalue weighted by Crippen LogP contribution is -2.57. The maximum atomic E-state index is 15.0. The number of carbonyl (C=O) groups is 1. The molecule has 1 aromatic heterocycles. The summed E-state index contributed by atoms with van der Waals surface area (Å²) in [5.74, 6) is -2.18. The number of aromatic nitrogens is 2. The van der Waals surface area contributed by atoms with Crippen molar-refractivity contribution < 1.29 is 35.3 Å². The number of hydrogen-bond acceptors (Lipinski definition) is 6. The van der Waals surface area contributed by atoms with Crippen LogP contribution < -0.4 is 5.73 Å². The average Bonchev–Trinajstić information content (AvgIpc) is 3.31. The van der Waals surface area contributed by atoms with E-state index in [9.17, 15) is 30.8 Å². The highest BCUT2D eigenvalue weighted by Crippen LogP contribution is 2.35. The Hall–Kier alpha value is -3.03. The summed E-state index contributed by atoms with van der Waals surface area (Å²) in [6.45, 7) is 0.181. The highest BCUT2D eigenvalue weighted by atomic mass is 35.5. The van der Waals surface area contributed by atoms with Gasteiger partial charge >= 0.3 is 6.18 Å². The summed E-state index contributed by atoms with van der Waals surface area (Å²) in [4.78, 5) is 15.8. The van der Waals surface area contributed by atoms with Gasteiger partial charge in [0.05, 0.1) is 4.90 Å². The molecule has 2 N–H and O–H groups in total. The molecule has 8 nitrogen and oxygen atoms in total. The molecule has 0 aliphatic carbocycles. The second-order valence-electron chi connectivity index (χ2n) is 7.78. The predicted molar refractivity (Wildman–Crippen MR) is 117 cm³/mol. The molecule has 35 heavy (non-hydrogen) atoms. The normalized spacial score (nSPS) is 14.1. The van der Waals surface area contributed by atoms with Crippen LogP contribution in [-0.2, 0) is 21.4 Å². The van der Waals surface area contributed by atoms with Crippen molar-refractivity contribution in [2.24, 2.45) is 5.73 Å². The van der Waals surface area contributed by atoms with Crippen LogP contribution in [0, 0.1) is 5.82 Å². The van der Waals surface area contributed by atoms with Crippen molar-refractivity contribution in [3.63, 3.8) is 0 Å². The Bertz CT molecular complexity index is 1300. The molecule has 2 aromatic carbocycles. The zero-order valence-corrected chi connectivity index (χ0v) is 19.7. The molecule has 3 aromatic rings. The number of rotatable bonds is 9. The monoisotopic (exact) mass is 534 g/mol. The summed E-state index contributed by atoms with van der Waals surface area (Å²) in [6, 6.07) is 8.32. The summed E-state index contributed by atoms with van der Waals surface area (Å²) in [6.07, 6.45) is -6.16. The van der Waals surface area contributed by atoms with Crippen LogP contribution in [0.25, 0.3) is 11.4 Å². The molecule has 1 atom stereocenters. The Morgan fingerprint density at radius 1 is 1.14 bits per heavy atom. The van der Waals surface area contributed by atoms with Crippen molar-refractivity contribution in [2.75, 3.05) is 0 Å². The Kier molecular flexibility index (Phi) is 7.53. The topological polar surface area (TPSA) is 119 Å². The lowest BCUT2D eigenvalue weighted by Gasteiger charge is -2.38. The minimum Gasteiger partial charge on any atom is -0.368 e. The number of alkyl halides is 3. The van der Waals surface area contributed by atoms with Crippen LogP contribution in [-0.4, -0.2) is 40.5 Å². The molecular weight excluding hydrogens is 516 g/mol. The van der Waals surface area contributed by atoms with Crippen molar-refractivity contribution in [1.82, 2.24) is 14.4 Å². The van der Waals surface area contributed by atoms with Gasteiger partial charge in [0.15, 0.2) is 0 Å². The van der Waals surface area contributed by atoms with Crippen LogP contribution in [0.2, 0.25) is 5.02 Å². The molecule has 0 spiro atoms. The SMILES string of the molecule is CC(CCC(F)(F)F)(C(N)=O)N(Cc1ccc(-c2ncon2)cc1F)S(=O)(=O)c1ccc(Cl)cc1. The summed E-state index contributed by atoms with van der Waals surface area (Å²) in [5, 5.41) is 3.78. The van der Waals surface area contributed by atoms with E-state index in [1.165, 1.54) is 24.3 Å². The number of carbonyl (C=O) groups excluding carboxylic acids is 1. The fraction of sp³-hybridized carbons (Fsp3) is 0.286. The first-order chi connectivity index (χ1) is 16.2. The van der Waals surface area contributed by atoms with Crippen LogP contribution in [0.4, 0.5) is 17.6 Å². The highest BCUT2D eigenvalue weighted by molar-refractivity contribution is 7.89. The number of nitrogens with zero attached hydrogens (tertiary/aromatic N) is 3. The first-order valence-electron chi connectivity index (χ1n) is 9.94. The zero-order valence-electron chi connectivity index (χ0n) is 18.1. The van der Waals surface area contributed by atoms with Crippen molar-refractivity contribution in [3.05, 3.63) is 65.3 Å². The third-order valence-corrected chi connectivity index (χ3v) is 7.60. The van der Waals surface area contributed by atoms with E-state index in [0.717, 1.165) is 31.5 Å². The molecule has 0 bridgehead atoms. The van der Waals surface area contributed by atoms with Crippen LogP contribution in [0.1, 0.15) is 25.3 Å². The second kappa shape index (κ2) is 9.91. The van der Waals surface area contributed by atoms with Gasteiger partial charge in [-0.2, -0.15) is 22.5 Å². The van der Waals surface area contributed by atoms with E-state index in [4.69, 9.17) is 17.3 Å². The molecule has 1 unspecified atom stereocenters. The standard InChI is InChI=1S/C21H19ClF4N4O4S/c1-20(19(27)31,8-9-21(24,25)26)30(35(32,33)16-6-4-15(22)5-7-16)11-14-3-2-13(10-17(14)23)18-28-12-34-29-18/h2-7,10,12H,8-9,11H2,1H3,(H2,27,31). The molecule has 0 saturated carbocycles. The summed E-state index contributed by atoms with van der Waals surface area (Å²) >= 11 is 5.82. The molecular formula is C21H19ClF4N4O4S. The van der Waals surface area contributed by atoms with E-state index in [0.29, 0.717) is 4.31 Å². The van der Waals surface area contributed by atoms with Gasteiger partial charge in [-0.1, -0.05) is 28.9 Å². The molecule has 0 saturated heterocycles. The molecule has 1 amide bonds. The summed E-state index contributed by atoms with van der Waals surface area (Å²) in [7, 11) is -4.66. The number of primary amides is 1. The maximum Gasteiger partial charge on any atom is 0.389 e. The first-order valence-corrected chi connectivity index (χ1v) is 11.8. The van der Waals surface area contributed by atoms with Gasteiger partial charge < -0.3 is 10.3 Å². The van der Waals surface area contributed by atoms with Crippen LogP contribution in [0.15, 0.2) is 58.3 Å². The lowest BCUT2D eigenvalue weighted by atomic mass is 9.94. The van der Waals surface area contributed by atoms with Gasteiger partial charge in [-0.15, -0.1) is 0 Å². The quantitative estimate of drug-likeness (QED) is 0.409. The fourth-order valence-corrected chi connectivity index (χ4v) is 5.16. The van der Waals surface area contributed by atoms with E-state index in [1.54, 1.807) is 0 Å². The van der Waals surface area contributed by atoms with Crippen molar-refractivity contribution in [2.45, 2.75) is 42.9 Å². The maximum absolute atomic E-state index is 15.0. The Morgan fingerprint density at radius 3 is 2.31 bits per heavy atom. The number of halogens is 5. The van der Waals surface area contributed by atoms with Gasteiger partial charge in [0, 0.05) is 29.1 Å². The van der Waals surface area contributed by atoms with Crippen molar-refractivity contribution in [3.8, 4) is 11.4 Å². The largest absolute Gasteiger partial charge is 0.389 e. The van der Waals surface area contributed by atoms with Gasteiger partial charge in [0.25, 0.3) is 0 Å². The van der Waals surface area contributed by atoms with Gasteiger partial charge in [-0.25, -0.2) is 12.8 Å². The lowest BCUT2D eigenvalue weighted by molar-refractivity contribution is -0.145. The van der Waals surface area contributed by atoms with Gasteiger partial charge in [-0.05, 0) is 43.7 Å². The Labute approximate surface area is 202 Å². The van der Waals surface area contributed by atoms with E-state index in [1.807, 2.05) is 0 Å². The van der Waals surface area contributed by atoms with E-state index < -0.39 is 52.8 Å². The minimum absolute atomic E-state index is 0.0632. The predicted octanol–water partition coefficient (Wildman–Crippen LogP) is 4.31. The van der Waals surface area contributed by atoms with Gasteiger partial charge in [0.2, 0.25) is 28.1 Å². The molecule has 0 fully saturated rings. The van der Waals surface area contributed by atoms with Gasteiger partial charge in [-0.3, -0.25) is 4.79 Å². The Balaban J connectivity index is 2.10. The van der Waals surface area contributed by atoms with E-state index >= 15 is 0 Å². The third-order valence-electron chi connectivity index (χ3n) is 5.36. The zero-order chi connectivity index (χ0) is 26.0. The Morgan fingerprint density at radius 2 is 1.80 bits per heavy atom. The smallest absolute Gasteiger partial charge is 0.368 e. The molecule has 0 aliphatic heterocycles. The molecule has 3 rings (SSSR count). The number of amides is 1. The van der Waals surface area contributed by atoms with Gasteiger partial charge in [0.1, 0.15) is 11.4 Å². The van der Waals surface area contributed by atoms with E-state index in [-0.39, 0.29) is 26.9 Å². The number of hydrogen-bond donors (Lipinski definition) is 1. The molecule has 0 aliphatic rings. The van der Waals surface area contributed by atoms with Crippen LogP contribution in [0.3, 0.4) is 0 Å². The number of sulfonamides is 1. The molecule has 1 heterocycles. The summed E-state index contributed by atoms with van der Waals surface area (Å²) < 4.78 is 86.2. The highest BCUT2D eigenvalue weighted by Gasteiger charge is 2.47. The molecule has 0 radical (unpaired) electrons. The third kappa shape index (κ3) is 5.97.